The van der Waals surface area contributed by atoms with E-state index in [0.29, 0.717) is 10.5 Å². The fourth-order valence-electron chi connectivity index (χ4n) is 0.207. The number of aliphatic hydroxyl groups is 2. The molecular weight excluding hydrogens is 112 g/mol. The number of hydrogen-bond acceptors (Lipinski definition) is 3. The van der Waals surface area contributed by atoms with Crippen molar-refractivity contribution in [1.29, 1.82) is 0 Å². The zero-order chi connectivity index (χ0) is 5.70. The van der Waals surface area contributed by atoms with Crippen LogP contribution < -0.4 is 0 Å². The predicted molar refractivity (Wildman–Crippen MR) is 29.0 cm³/mol. The van der Waals surface area contributed by atoms with Crippen LogP contribution in [0.2, 0.25) is 0 Å². The average molecular weight is 122 g/mol. The fourth-order valence-corrected chi connectivity index (χ4v) is 0.505. The van der Waals surface area contributed by atoms with Gasteiger partial charge in [-0.3, -0.25) is 0 Å². The van der Waals surface area contributed by atoms with Crippen LogP contribution in [0.5, 0.6) is 0 Å². The maximum Gasteiger partial charge on any atom is 0.146 e. The Morgan fingerprint density at radius 1 is 1.43 bits per heavy atom. The summed E-state index contributed by atoms with van der Waals surface area (Å²) in [5, 5.41) is 16.5. The molecule has 0 fully saturated rings. The third-order valence-corrected chi connectivity index (χ3v) is 1.41. The number of rotatable bonds is 3. The molecule has 0 aromatic heterocycles. The zero-order valence-electron chi connectivity index (χ0n) is 4.29. The first-order chi connectivity index (χ1) is 3.35. The molecule has 0 aromatic rings. The molecule has 0 aliphatic rings. The van der Waals surface area contributed by atoms with Crippen molar-refractivity contribution in [2.75, 3.05) is 13.2 Å². The Kier molecular flexibility index (Phi) is 4.32. The summed E-state index contributed by atoms with van der Waals surface area (Å²) in [5.41, 5.74) is 0. The summed E-state index contributed by atoms with van der Waals surface area (Å²) in [6.07, 6.45) is -0.341. The van der Waals surface area contributed by atoms with Gasteiger partial charge in [-0.15, -0.1) is 0 Å². The van der Waals surface area contributed by atoms with Gasteiger partial charge in [0, 0.05) is 0 Å². The van der Waals surface area contributed by atoms with Crippen molar-refractivity contribution in [2.24, 2.45) is 0 Å². The standard InChI is InChI=1S/C3H10O3Si/c4-1-3(2-5)6-7/h3-5H,1-2H2,7H3. The smallest absolute Gasteiger partial charge is 0.146 e. The molecule has 0 saturated carbocycles. The summed E-state index contributed by atoms with van der Waals surface area (Å²) in [4.78, 5) is 0. The van der Waals surface area contributed by atoms with Crippen molar-refractivity contribution in [2.45, 2.75) is 6.10 Å². The van der Waals surface area contributed by atoms with Crippen molar-refractivity contribution in [3.8, 4) is 0 Å². The van der Waals surface area contributed by atoms with Gasteiger partial charge in [-0.2, -0.15) is 0 Å². The van der Waals surface area contributed by atoms with Crippen LogP contribution in [-0.4, -0.2) is 40.0 Å². The highest BCUT2D eigenvalue weighted by atomic mass is 28.2. The second-order valence-electron chi connectivity index (χ2n) is 1.22. The van der Waals surface area contributed by atoms with E-state index in [1.165, 1.54) is 0 Å². The van der Waals surface area contributed by atoms with E-state index in [4.69, 9.17) is 10.2 Å². The Morgan fingerprint density at radius 3 is 1.86 bits per heavy atom. The molecular formula is C3H10O3Si. The second-order valence-corrected chi connectivity index (χ2v) is 1.69. The molecule has 0 radical (unpaired) electrons. The molecule has 0 amide bonds. The summed E-state index contributed by atoms with van der Waals surface area (Å²) in [7, 11) is 0.572. The largest absolute Gasteiger partial charge is 0.420 e. The lowest BCUT2D eigenvalue weighted by Gasteiger charge is -2.06. The minimum atomic E-state index is -0.341. The average Bonchev–Trinajstić information content (AvgIpc) is 1.72. The Hall–Kier alpha value is 0.0969. The fraction of sp³-hybridized carbons (Fsp3) is 1.00. The molecule has 44 valence electrons. The van der Waals surface area contributed by atoms with Crippen molar-refractivity contribution in [3.05, 3.63) is 0 Å². The van der Waals surface area contributed by atoms with Crippen LogP contribution in [0.1, 0.15) is 0 Å². The Labute approximate surface area is 45.5 Å². The third kappa shape index (κ3) is 2.75. The highest BCUT2D eigenvalue weighted by Gasteiger charge is 1.98. The van der Waals surface area contributed by atoms with E-state index >= 15 is 0 Å². The van der Waals surface area contributed by atoms with Crippen LogP contribution in [-0.2, 0) is 4.43 Å². The van der Waals surface area contributed by atoms with Gasteiger partial charge in [0.1, 0.15) is 10.5 Å². The van der Waals surface area contributed by atoms with E-state index in [1.54, 1.807) is 0 Å². The second kappa shape index (κ2) is 4.26. The van der Waals surface area contributed by atoms with Crippen molar-refractivity contribution < 1.29 is 14.6 Å². The number of aliphatic hydroxyl groups excluding tert-OH is 2. The van der Waals surface area contributed by atoms with Gasteiger partial charge in [0.05, 0.1) is 19.3 Å². The SMILES string of the molecule is OCC(CO)O[SiH3]. The van der Waals surface area contributed by atoms with Gasteiger partial charge in [-0.25, -0.2) is 0 Å². The van der Waals surface area contributed by atoms with Gasteiger partial charge in [0.2, 0.25) is 0 Å². The van der Waals surface area contributed by atoms with Gasteiger partial charge in [0.15, 0.2) is 0 Å². The van der Waals surface area contributed by atoms with Crippen LogP contribution in [0, 0.1) is 0 Å². The molecule has 3 nitrogen and oxygen atoms in total. The van der Waals surface area contributed by atoms with Gasteiger partial charge < -0.3 is 14.6 Å². The van der Waals surface area contributed by atoms with Crippen LogP contribution in [0.15, 0.2) is 0 Å². The van der Waals surface area contributed by atoms with Gasteiger partial charge in [0.25, 0.3) is 0 Å². The van der Waals surface area contributed by atoms with E-state index in [9.17, 15) is 0 Å². The van der Waals surface area contributed by atoms with Crippen molar-refractivity contribution >= 4 is 10.5 Å². The maximum absolute atomic E-state index is 8.26. The minimum Gasteiger partial charge on any atom is -0.420 e. The molecule has 0 saturated heterocycles. The summed E-state index contributed by atoms with van der Waals surface area (Å²) < 4.78 is 4.69. The highest BCUT2D eigenvalue weighted by molar-refractivity contribution is 5.98. The van der Waals surface area contributed by atoms with E-state index in [-0.39, 0.29) is 19.3 Å². The summed E-state index contributed by atoms with van der Waals surface area (Å²) in [6, 6.07) is 0. The zero-order valence-corrected chi connectivity index (χ0v) is 6.29. The molecule has 7 heavy (non-hydrogen) atoms. The molecule has 2 N–H and O–H groups in total. The Morgan fingerprint density at radius 2 is 1.86 bits per heavy atom. The molecule has 0 atom stereocenters. The van der Waals surface area contributed by atoms with E-state index in [1.807, 2.05) is 0 Å². The Balaban J connectivity index is 2.99. The first-order valence-corrected chi connectivity index (χ1v) is 2.91. The van der Waals surface area contributed by atoms with Crippen molar-refractivity contribution in [3.63, 3.8) is 0 Å². The molecule has 0 spiro atoms. The van der Waals surface area contributed by atoms with E-state index in [0.717, 1.165) is 0 Å². The molecule has 4 heteroatoms. The molecule has 0 aromatic carbocycles. The summed E-state index contributed by atoms with van der Waals surface area (Å²) >= 11 is 0. The molecule has 0 heterocycles. The lowest BCUT2D eigenvalue weighted by molar-refractivity contribution is 0.0697. The molecule has 0 unspecified atom stereocenters. The van der Waals surface area contributed by atoms with Gasteiger partial charge >= 0.3 is 0 Å². The highest BCUT2D eigenvalue weighted by Crippen LogP contribution is 1.81. The first kappa shape index (κ1) is 7.10. The van der Waals surface area contributed by atoms with Crippen LogP contribution in [0.3, 0.4) is 0 Å². The van der Waals surface area contributed by atoms with Crippen molar-refractivity contribution in [1.82, 2.24) is 0 Å². The van der Waals surface area contributed by atoms with Gasteiger partial charge in [-0.1, -0.05) is 0 Å². The van der Waals surface area contributed by atoms with Crippen LogP contribution in [0.4, 0.5) is 0 Å². The normalized spacial score (nSPS) is 10.7. The maximum atomic E-state index is 8.26. The van der Waals surface area contributed by atoms with E-state index in [2.05, 4.69) is 4.43 Å². The van der Waals surface area contributed by atoms with Gasteiger partial charge in [-0.05, 0) is 0 Å². The molecule has 0 rings (SSSR count). The van der Waals surface area contributed by atoms with Crippen LogP contribution in [0.25, 0.3) is 0 Å². The first-order valence-electron chi connectivity index (χ1n) is 2.09. The Bertz CT molecular complexity index is 31.7. The summed E-state index contributed by atoms with van der Waals surface area (Å²) in [6.45, 7) is -0.167. The number of hydrogen-bond donors (Lipinski definition) is 2. The molecule has 0 aliphatic heterocycles. The quantitative estimate of drug-likeness (QED) is 0.412. The minimum absolute atomic E-state index is 0.0833. The topological polar surface area (TPSA) is 49.7 Å². The monoisotopic (exact) mass is 122 g/mol. The third-order valence-electron chi connectivity index (χ3n) is 0.741. The van der Waals surface area contributed by atoms with Crippen LogP contribution >= 0.6 is 0 Å². The van der Waals surface area contributed by atoms with E-state index < -0.39 is 0 Å². The predicted octanol–water partition coefficient (Wildman–Crippen LogP) is -2.36. The lowest BCUT2D eigenvalue weighted by atomic mass is 10.4. The summed E-state index contributed by atoms with van der Waals surface area (Å²) in [5.74, 6) is 0. The molecule has 0 aliphatic carbocycles. The molecule has 0 bridgehead atoms. The lowest BCUT2D eigenvalue weighted by Crippen LogP contribution is -2.20.